The van der Waals surface area contributed by atoms with Crippen LogP contribution in [0.1, 0.15) is 12.1 Å². The molecule has 2 heterocycles. The summed E-state index contributed by atoms with van der Waals surface area (Å²) in [5.41, 5.74) is 2.00. The van der Waals surface area contributed by atoms with Crippen LogP contribution in [0.5, 0.6) is 5.75 Å². The van der Waals surface area contributed by atoms with E-state index in [1.165, 1.54) is 6.20 Å². The van der Waals surface area contributed by atoms with Crippen molar-refractivity contribution in [3.05, 3.63) is 25.0 Å². The van der Waals surface area contributed by atoms with E-state index < -0.39 is 0 Å². The van der Waals surface area contributed by atoms with E-state index in [0.29, 0.717) is 0 Å². The molecule has 0 fully saturated rings. The van der Waals surface area contributed by atoms with Gasteiger partial charge in [-0.3, -0.25) is 12.0 Å². The van der Waals surface area contributed by atoms with E-state index in [-0.39, 0.29) is 68.9 Å². The van der Waals surface area contributed by atoms with Crippen molar-refractivity contribution in [3.8, 4) is 5.75 Å². The van der Waals surface area contributed by atoms with Gasteiger partial charge in [-0.1, -0.05) is 0 Å². The maximum atomic E-state index is 9.19. The number of hydrogen-bond acceptors (Lipinski definition) is 3. The third-order valence-electron chi connectivity index (χ3n) is 2.12. The molecule has 0 saturated carbocycles. The number of fused-ring (bicyclic) bond motifs is 1. The number of anilines is 1. The minimum atomic E-state index is 0. The van der Waals surface area contributed by atoms with Crippen LogP contribution in [-0.4, -0.2) is 16.6 Å². The topological polar surface area (TPSA) is 36.4 Å². The van der Waals surface area contributed by atoms with E-state index in [4.69, 9.17) is 0 Å². The Hall–Kier alpha value is 0.815. The van der Waals surface area contributed by atoms with E-state index in [9.17, 15) is 5.11 Å². The second kappa shape index (κ2) is 7.99. The van der Waals surface area contributed by atoms with Crippen LogP contribution in [0.4, 0.5) is 5.69 Å². The summed E-state index contributed by atoms with van der Waals surface area (Å²) in [4.78, 5) is 6.02. The predicted molar refractivity (Wildman–Crippen MR) is 46.9 cm³/mol. The molecular formula is C9H11N2OW3-. The smallest absolute Gasteiger partial charge is 0.135 e. The monoisotopic (exact) mass is 715 g/mol. The number of rotatable bonds is 0. The van der Waals surface area contributed by atoms with Crippen LogP contribution >= 0.6 is 0 Å². The molecule has 6 heteroatoms. The van der Waals surface area contributed by atoms with Gasteiger partial charge < -0.3 is 10.0 Å². The molecule has 0 unspecified atom stereocenters. The second-order valence-electron chi connectivity index (χ2n) is 3.03. The molecule has 0 radical (unpaired) electrons. The fourth-order valence-corrected chi connectivity index (χ4v) is 1.50. The molecule has 0 atom stereocenters. The maximum Gasteiger partial charge on any atom is 0.135 e. The molecule has 1 N–H and O–H groups in total. The van der Waals surface area contributed by atoms with Crippen LogP contribution in [0.25, 0.3) is 0 Å². The molecule has 0 bridgehead atoms. The van der Waals surface area contributed by atoms with Gasteiger partial charge in [0.15, 0.2) is 0 Å². The fourth-order valence-electron chi connectivity index (χ4n) is 1.50. The van der Waals surface area contributed by atoms with Crippen LogP contribution in [0.15, 0.2) is 12.3 Å². The third kappa shape index (κ3) is 4.29. The first-order chi connectivity index (χ1) is 5.77. The summed E-state index contributed by atoms with van der Waals surface area (Å²) in [6.45, 7) is 0.943. The van der Waals surface area contributed by atoms with Crippen molar-refractivity contribution in [2.75, 3.05) is 11.4 Å². The Morgan fingerprint density at radius 2 is 2.00 bits per heavy atom. The summed E-state index contributed by atoms with van der Waals surface area (Å²) in [6.07, 6.45) is 3.56. The average Bonchev–Trinajstić information content (AvgIpc) is 2.07. The number of aromatic hydroxyl groups is 1. The maximum absolute atomic E-state index is 9.19. The third-order valence-corrected chi connectivity index (χ3v) is 2.12. The Balaban J connectivity index is 0. The SMILES string of the molecule is [CH2-]N1CCCc2ncc(O)cc21.[W].[W].[W]. The second-order valence-corrected chi connectivity index (χ2v) is 3.03. The summed E-state index contributed by atoms with van der Waals surface area (Å²) in [6, 6.07) is 1.72. The number of aromatic nitrogens is 1. The van der Waals surface area contributed by atoms with E-state index in [1.807, 2.05) is 4.90 Å². The van der Waals surface area contributed by atoms with Crippen LogP contribution in [0.3, 0.4) is 0 Å². The van der Waals surface area contributed by atoms with Crippen LogP contribution < -0.4 is 4.90 Å². The molecule has 1 aliphatic rings. The quantitative estimate of drug-likeness (QED) is 0.413. The molecule has 2 rings (SSSR count). The van der Waals surface area contributed by atoms with Gasteiger partial charge in [0, 0.05) is 74.9 Å². The Labute approximate surface area is 133 Å². The molecule has 3 nitrogen and oxygen atoms in total. The molecule has 1 aromatic rings. The molecule has 0 aromatic carbocycles. The largest absolute Gasteiger partial charge is 0.524 e. The minimum Gasteiger partial charge on any atom is -0.524 e. The van der Waals surface area contributed by atoms with E-state index in [2.05, 4.69) is 12.0 Å². The summed E-state index contributed by atoms with van der Waals surface area (Å²) >= 11 is 0. The zero-order valence-corrected chi connectivity index (χ0v) is 16.8. The Morgan fingerprint density at radius 3 is 2.67 bits per heavy atom. The number of hydrogen-bond donors (Lipinski definition) is 1. The molecule has 0 aliphatic carbocycles. The van der Waals surface area contributed by atoms with E-state index in [0.717, 1.165) is 30.8 Å². The van der Waals surface area contributed by atoms with Crippen molar-refractivity contribution in [3.63, 3.8) is 0 Å². The van der Waals surface area contributed by atoms with Gasteiger partial charge in [0.05, 0.1) is 11.9 Å². The average molecular weight is 715 g/mol. The van der Waals surface area contributed by atoms with E-state index in [1.54, 1.807) is 6.07 Å². The van der Waals surface area contributed by atoms with Crippen molar-refractivity contribution in [2.24, 2.45) is 0 Å². The first kappa shape index (κ1) is 18.2. The van der Waals surface area contributed by atoms with Crippen molar-refractivity contribution in [1.82, 2.24) is 4.98 Å². The van der Waals surface area contributed by atoms with Gasteiger partial charge in [-0.2, -0.15) is 0 Å². The van der Waals surface area contributed by atoms with Gasteiger partial charge >= 0.3 is 0 Å². The minimum absolute atomic E-state index is 0. The fraction of sp³-hybridized carbons (Fsp3) is 0.333. The summed E-state index contributed by atoms with van der Waals surface area (Å²) in [7, 11) is 3.86. The van der Waals surface area contributed by atoms with Crippen molar-refractivity contribution in [2.45, 2.75) is 12.8 Å². The molecule has 0 spiro atoms. The van der Waals surface area contributed by atoms with Crippen molar-refractivity contribution >= 4 is 5.69 Å². The van der Waals surface area contributed by atoms with Gasteiger partial charge in [0.2, 0.25) is 0 Å². The van der Waals surface area contributed by atoms with Crippen LogP contribution in [-0.2, 0) is 69.6 Å². The van der Waals surface area contributed by atoms with Gasteiger partial charge in [0.25, 0.3) is 0 Å². The standard InChI is InChI=1S/C9H11N2O.3W/c1-11-4-2-3-8-9(11)5-7(12)6-10-8;;;/h5-6,12H,1-4H2;;;/q-1;;;. The van der Waals surface area contributed by atoms with Crippen molar-refractivity contribution in [1.29, 1.82) is 0 Å². The van der Waals surface area contributed by atoms with Gasteiger partial charge in [-0.25, -0.2) is 0 Å². The Morgan fingerprint density at radius 1 is 1.33 bits per heavy atom. The zero-order valence-electron chi connectivity index (χ0n) is 8.05. The molecular weight excluding hydrogens is 704 g/mol. The van der Waals surface area contributed by atoms with Crippen molar-refractivity contribution < 1.29 is 68.3 Å². The molecule has 0 saturated heterocycles. The zero-order chi connectivity index (χ0) is 8.55. The van der Waals surface area contributed by atoms with Gasteiger partial charge in [0.1, 0.15) is 5.75 Å². The Kier molecular flexibility index (Phi) is 9.68. The van der Waals surface area contributed by atoms with E-state index >= 15 is 0 Å². The first-order valence-corrected chi connectivity index (χ1v) is 4.03. The first-order valence-electron chi connectivity index (χ1n) is 4.03. The summed E-state index contributed by atoms with van der Waals surface area (Å²) in [5, 5.41) is 9.19. The Bertz CT molecular complexity index is 309. The number of pyridine rings is 1. The molecule has 1 aliphatic heterocycles. The van der Waals surface area contributed by atoms with Gasteiger partial charge in [-0.15, -0.1) is 0 Å². The summed E-state index contributed by atoms with van der Waals surface area (Å²) in [5.74, 6) is 0.212. The molecule has 0 amide bonds. The summed E-state index contributed by atoms with van der Waals surface area (Å²) < 4.78 is 0. The molecule has 15 heavy (non-hydrogen) atoms. The molecule has 82 valence electrons. The number of aryl methyl sites for hydroxylation is 1. The molecule has 1 aromatic heterocycles. The predicted octanol–water partition coefficient (Wildman–Crippen LogP) is 1.32. The van der Waals surface area contributed by atoms with Gasteiger partial charge in [-0.05, 0) is 19.4 Å². The normalized spacial score (nSPS) is 12.7. The van der Waals surface area contributed by atoms with Crippen LogP contribution in [0.2, 0.25) is 0 Å². The number of nitrogens with zero attached hydrogens (tertiary/aromatic N) is 2. The van der Waals surface area contributed by atoms with Crippen LogP contribution in [0, 0.1) is 7.05 Å².